The average molecular weight is 581 g/mol. The summed E-state index contributed by atoms with van der Waals surface area (Å²) in [7, 11) is -6.12. The van der Waals surface area contributed by atoms with Gasteiger partial charge < -0.3 is 13.9 Å². The van der Waals surface area contributed by atoms with Gasteiger partial charge in [0.25, 0.3) is 8.32 Å². The van der Waals surface area contributed by atoms with E-state index in [1.165, 1.54) is 10.4 Å². The SMILES string of the molecule is CC[C@@H](O[C@H](CCCS(=O)(=O)c1ccc(C)cc1)CO[Si](c1ccccc1)(c1ccccc1)C(C)(C)C)[C@@H]1CO1. The molecule has 0 aliphatic carbocycles. The van der Waals surface area contributed by atoms with Crippen LogP contribution in [0.15, 0.2) is 89.8 Å². The first-order valence-corrected chi connectivity index (χ1v) is 17.9. The largest absolute Gasteiger partial charge is 0.405 e. The molecule has 1 fully saturated rings. The average Bonchev–Trinajstić information content (AvgIpc) is 3.78. The van der Waals surface area contributed by atoms with E-state index in [9.17, 15) is 8.42 Å². The highest BCUT2D eigenvalue weighted by Gasteiger charge is 2.50. The minimum absolute atomic E-state index is 0.0264. The van der Waals surface area contributed by atoms with E-state index in [0.717, 1.165) is 12.0 Å². The summed E-state index contributed by atoms with van der Waals surface area (Å²) in [6.07, 6.45) is 1.75. The van der Waals surface area contributed by atoms with Gasteiger partial charge in [-0.1, -0.05) is 106 Å². The van der Waals surface area contributed by atoms with E-state index in [-0.39, 0.29) is 29.1 Å². The van der Waals surface area contributed by atoms with Crippen molar-refractivity contribution in [3.05, 3.63) is 90.5 Å². The normalized spacial score (nSPS) is 17.4. The molecule has 4 rings (SSSR count). The molecule has 3 atom stereocenters. The van der Waals surface area contributed by atoms with E-state index in [0.29, 0.717) is 31.0 Å². The van der Waals surface area contributed by atoms with Crippen molar-refractivity contribution < 1.29 is 22.3 Å². The van der Waals surface area contributed by atoms with Crippen molar-refractivity contribution in [3.63, 3.8) is 0 Å². The number of sulfone groups is 1. The number of benzene rings is 3. The Morgan fingerprint density at radius 3 is 1.95 bits per heavy atom. The second-order valence-corrected chi connectivity index (χ2v) is 18.2. The molecule has 0 radical (unpaired) electrons. The van der Waals surface area contributed by atoms with Crippen LogP contribution in [-0.2, 0) is 23.7 Å². The summed E-state index contributed by atoms with van der Waals surface area (Å²) in [6, 6.07) is 28.2. The second-order valence-electron chi connectivity index (χ2n) is 11.8. The zero-order chi connectivity index (χ0) is 28.8. The molecule has 0 saturated carbocycles. The van der Waals surface area contributed by atoms with Crippen molar-refractivity contribution >= 4 is 28.5 Å². The Bertz CT molecular complexity index is 1260. The van der Waals surface area contributed by atoms with Crippen molar-refractivity contribution in [1.29, 1.82) is 0 Å². The number of hydrogen-bond acceptors (Lipinski definition) is 5. The third kappa shape index (κ3) is 7.31. The summed E-state index contributed by atoms with van der Waals surface area (Å²) >= 11 is 0. The van der Waals surface area contributed by atoms with Crippen LogP contribution in [0.2, 0.25) is 5.04 Å². The van der Waals surface area contributed by atoms with Gasteiger partial charge in [0.15, 0.2) is 9.84 Å². The minimum atomic E-state index is -3.38. The van der Waals surface area contributed by atoms with Crippen LogP contribution in [0.1, 0.15) is 52.5 Å². The van der Waals surface area contributed by atoms with E-state index >= 15 is 0 Å². The Morgan fingerprint density at radius 1 is 0.925 bits per heavy atom. The monoisotopic (exact) mass is 580 g/mol. The molecular formula is C33H44O5SSi. The molecule has 0 bridgehead atoms. The van der Waals surface area contributed by atoms with Gasteiger partial charge in [-0.2, -0.15) is 0 Å². The number of hydrogen-bond donors (Lipinski definition) is 0. The molecular weight excluding hydrogens is 537 g/mol. The van der Waals surface area contributed by atoms with Gasteiger partial charge >= 0.3 is 0 Å². The Morgan fingerprint density at radius 2 is 1.48 bits per heavy atom. The van der Waals surface area contributed by atoms with Crippen LogP contribution in [0.25, 0.3) is 0 Å². The fourth-order valence-electron chi connectivity index (χ4n) is 5.50. The van der Waals surface area contributed by atoms with Gasteiger partial charge in [0, 0.05) is 0 Å². The van der Waals surface area contributed by atoms with Crippen molar-refractivity contribution in [1.82, 2.24) is 0 Å². The van der Waals surface area contributed by atoms with Gasteiger partial charge in [-0.05, 0) is 53.7 Å². The molecule has 1 heterocycles. The maximum Gasteiger partial charge on any atom is 0.261 e. The molecule has 0 aromatic heterocycles. The summed E-state index contributed by atoms with van der Waals surface area (Å²) in [4.78, 5) is 0.372. The maximum absolute atomic E-state index is 13.1. The Hall–Kier alpha value is -2.29. The fourth-order valence-corrected chi connectivity index (χ4v) is 11.4. The van der Waals surface area contributed by atoms with Crippen molar-refractivity contribution in [2.24, 2.45) is 0 Å². The zero-order valence-corrected chi connectivity index (χ0v) is 26.3. The van der Waals surface area contributed by atoms with Crippen LogP contribution >= 0.6 is 0 Å². The van der Waals surface area contributed by atoms with Gasteiger partial charge in [0.2, 0.25) is 0 Å². The van der Waals surface area contributed by atoms with E-state index < -0.39 is 18.2 Å². The van der Waals surface area contributed by atoms with Gasteiger partial charge in [-0.25, -0.2) is 8.42 Å². The molecule has 40 heavy (non-hydrogen) atoms. The molecule has 3 aromatic carbocycles. The Labute approximate surface area is 241 Å². The molecule has 5 nitrogen and oxygen atoms in total. The number of epoxide rings is 1. The lowest BCUT2D eigenvalue weighted by Gasteiger charge is -2.43. The number of rotatable bonds is 14. The van der Waals surface area contributed by atoms with Crippen LogP contribution in [-0.4, -0.2) is 54.0 Å². The molecule has 1 aliphatic rings. The third-order valence-corrected chi connectivity index (χ3v) is 14.6. The lowest BCUT2D eigenvalue weighted by Crippen LogP contribution is -2.67. The predicted octanol–water partition coefficient (Wildman–Crippen LogP) is 5.69. The van der Waals surface area contributed by atoms with Crippen molar-refractivity contribution in [2.75, 3.05) is 19.0 Å². The Balaban J connectivity index is 1.58. The zero-order valence-electron chi connectivity index (χ0n) is 24.5. The predicted molar refractivity (Wildman–Crippen MR) is 165 cm³/mol. The van der Waals surface area contributed by atoms with Gasteiger partial charge in [-0.15, -0.1) is 0 Å². The molecule has 1 aliphatic heterocycles. The first kappa shape index (κ1) is 30.7. The lowest BCUT2D eigenvalue weighted by atomic mass is 10.2. The van der Waals surface area contributed by atoms with E-state index in [2.05, 4.69) is 76.2 Å². The molecule has 0 N–H and O–H groups in total. The van der Waals surface area contributed by atoms with Crippen LogP contribution in [0.4, 0.5) is 0 Å². The molecule has 216 valence electrons. The highest BCUT2D eigenvalue weighted by atomic mass is 32.2. The molecule has 1 saturated heterocycles. The van der Waals surface area contributed by atoms with E-state index in [1.807, 2.05) is 31.2 Å². The molecule has 0 unspecified atom stereocenters. The summed E-state index contributed by atoms with van der Waals surface area (Å²) in [6.45, 7) is 11.9. The quantitative estimate of drug-likeness (QED) is 0.181. The highest BCUT2D eigenvalue weighted by molar-refractivity contribution is 7.91. The molecule has 0 spiro atoms. The van der Waals surface area contributed by atoms with Crippen molar-refractivity contribution in [3.8, 4) is 0 Å². The van der Waals surface area contributed by atoms with Crippen LogP contribution in [0, 0.1) is 6.92 Å². The van der Waals surface area contributed by atoms with Gasteiger partial charge in [0.05, 0.1) is 36.1 Å². The first-order valence-electron chi connectivity index (χ1n) is 14.4. The summed E-state index contributed by atoms with van der Waals surface area (Å²) in [5.41, 5.74) is 1.04. The first-order chi connectivity index (χ1) is 19.1. The third-order valence-electron chi connectivity index (χ3n) is 7.77. The number of ether oxygens (including phenoxy) is 2. The molecule has 0 amide bonds. The molecule has 3 aromatic rings. The number of aryl methyl sites for hydroxylation is 1. The minimum Gasteiger partial charge on any atom is -0.405 e. The molecule has 7 heteroatoms. The van der Waals surface area contributed by atoms with Crippen LogP contribution < -0.4 is 10.4 Å². The summed E-state index contributed by atoms with van der Waals surface area (Å²) in [5.74, 6) is 0.0753. The highest BCUT2D eigenvalue weighted by Crippen LogP contribution is 2.37. The van der Waals surface area contributed by atoms with E-state index in [1.54, 1.807) is 12.1 Å². The lowest BCUT2D eigenvalue weighted by molar-refractivity contribution is -0.0514. The topological polar surface area (TPSA) is 65.1 Å². The van der Waals surface area contributed by atoms with E-state index in [4.69, 9.17) is 13.9 Å². The second kappa shape index (κ2) is 13.1. The van der Waals surface area contributed by atoms with Crippen LogP contribution in [0.5, 0.6) is 0 Å². The van der Waals surface area contributed by atoms with Gasteiger partial charge in [-0.3, -0.25) is 0 Å². The maximum atomic E-state index is 13.1. The summed E-state index contributed by atoms with van der Waals surface area (Å²) in [5, 5.41) is 2.28. The smallest absolute Gasteiger partial charge is 0.261 e. The summed E-state index contributed by atoms with van der Waals surface area (Å²) < 4.78 is 45.5. The van der Waals surface area contributed by atoms with Crippen molar-refractivity contribution in [2.45, 2.75) is 82.1 Å². The van der Waals surface area contributed by atoms with Gasteiger partial charge in [0.1, 0.15) is 6.10 Å². The Kier molecular flexibility index (Phi) is 10.1. The standard InChI is InChI=1S/C33H44O5SSi/c1-6-31(32-25-36-32)38-27(14-13-23-39(34,35)28-21-19-26(2)20-22-28)24-37-40(33(3,4)5,29-15-9-7-10-16-29)30-17-11-8-12-18-30/h7-12,15-22,27,31-32H,6,13-14,23-25H2,1-5H3/t27-,31-,32+/m1/s1. The fraction of sp³-hybridized carbons (Fsp3) is 0.455. The van der Waals surface area contributed by atoms with Crippen LogP contribution in [0.3, 0.4) is 0 Å².